The van der Waals surface area contributed by atoms with E-state index in [1.807, 2.05) is 6.07 Å². The highest BCUT2D eigenvalue weighted by atomic mass is 16.3. The van der Waals surface area contributed by atoms with Gasteiger partial charge >= 0.3 is 0 Å². The van der Waals surface area contributed by atoms with E-state index < -0.39 is 0 Å². The molecule has 2 aromatic heterocycles. The minimum atomic E-state index is 0.483. The SMILES string of the molecule is N=Cc1cnnc(Cc2ccco2)c1N. The molecule has 0 spiro atoms. The highest BCUT2D eigenvalue weighted by molar-refractivity contribution is 5.84. The maximum Gasteiger partial charge on any atom is 0.109 e. The summed E-state index contributed by atoms with van der Waals surface area (Å²) in [6.45, 7) is 0. The summed E-state index contributed by atoms with van der Waals surface area (Å²) in [6.07, 6.45) is 4.72. The molecule has 2 rings (SSSR count). The number of aromatic nitrogens is 2. The summed E-state index contributed by atoms with van der Waals surface area (Å²) in [5, 5.41) is 14.8. The summed E-state index contributed by atoms with van der Waals surface area (Å²) in [4.78, 5) is 0. The van der Waals surface area contributed by atoms with Crippen LogP contribution in [0.4, 0.5) is 5.69 Å². The van der Waals surface area contributed by atoms with Crippen LogP contribution in [0.2, 0.25) is 0 Å². The topological polar surface area (TPSA) is 88.8 Å². The van der Waals surface area contributed by atoms with E-state index in [0.717, 1.165) is 12.0 Å². The van der Waals surface area contributed by atoms with Crippen LogP contribution in [0.3, 0.4) is 0 Å². The van der Waals surface area contributed by atoms with E-state index >= 15 is 0 Å². The second kappa shape index (κ2) is 3.91. The van der Waals surface area contributed by atoms with Gasteiger partial charge in [-0.05, 0) is 12.1 Å². The minimum Gasteiger partial charge on any atom is -0.469 e. The predicted octanol–water partition coefficient (Wildman–Crippen LogP) is 1.24. The summed E-state index contributed by atoms with van der Waals surface area (Å²) >= 11 is 0. The Labute approximate surface area is 86.4 Å². The van der Waals surface area contributed by atoms with Gasteiger partial charge in [0, 0.05) is 11.8 Å². The molecule has 0 atom stereocenters. The number of nitrogen functional groups attached to an aromatic ring is 1. The van der Waals surface area contributed by atoms with Crippen LogP contribution in [0, 0.1) is 5.41 Å². The van der Waals surface area contributed by atoms with Gasteiger partial charge in [0.05, 0.1) is 30.3 Å². The molecule has 0 unspecified atom stereocenters. The largest absolute Gasteiger partial charge is 0.469 e. The number of nitrogens with zero attached hydrogens (tertiary/aromatic N) is 2. The standard InChI is InChI=1S/C10H10N4O/c11-5-7-6-13-14-9(10(7)12)4-8-2-1-3-15-8/h1-3,5-6,11H,4H2,(H2,12,13). The van der Waals surface area contributed by atoms with Crippen LogP contribution in [0.15, 0.2) is 29.0 Å². The first-order valence-corrected chi connectivity index (χ1v) is 4.44. The van der Waals surface area contributed by atoms with E-state index in [2.05, 4.69) is 10.2 Å². The van der Waals surface area contributed by atoms with Gasteiger partial charge in [0.1, 0.15) is 5.76 Å². The van der Waals surface area contributed by atoms with Crippen molar-refractivity contribution >= 4 is 11.9 Å². The van der Waals surface area contributed by atoms with Gasteiger partial charge in [0.2, 0.25) is 0 Å². The Morgan fingerprint density at radius 2 is 2.40 bits per heavy atom. The Morgan fingerprint density at radius 1 is 1.53 bits per heavy atom. The summed E-state index contributed by atoms with van der Waals surface area (Å²) < 4.78 is 5.19. The number of furan rings is 1. The molecule has 5 nitrogen and oxygen atoms in total. The predicted molar refractivity (Wildman–Crippen MR) is 55.8 cm³/mol. The zero-order valence-corrected chi connectivity index (χ0v) is 7.97. The molecule has 0 radical (unpaired) electrons. The van der Waals surface area contributed by atoms with Crippen LogP contribution in [0.25, 0.3) is 0 Å². The summed E-state index contributed by atoms with van der Waals surface area (Å²) in [5.41, 5.74) is 7.50. The lowest BCUT2D eigenvalue weighted by Crippen LogP contribution is -2.04. The number of nitrogens with one attached hydrogen (secondary N) is 1. The van der Waals surface area contributed by atoms with Gasteiger partial charge < -0.3 is 15.6 Å². The average molecular weight is 202 g/mol. The van der Waals surface area contributed by atoms with Crippen molar-refractivity contribution in [2.24, 2.45) is 0 Å². The van der Waals surface area contributed by atoms with Gasteiger partial charge in [-0.2, -0.15) is 10.2 Å². The van der Waals surface area contributed by atoms with Crippen molar-refractivity contribution in [3.05, 3.63) is 41.6 Å². The van der Waals surface area contributed by atoms with Gasteiger partial charge in [-0.1, -0.05) is 0 Å². The molecule has 2 heterocycles. The third-order valence-electron chi connectivity index (χ3n) is 2.07. The Bertz CT molecular complexity index is 464. The highest BCUT2D eigenvalue weighted by Gasteiger charge is 2.08. The third kappa shape index (κ3) is 1.85. The molecule has 0 amide bonds. The van der Waals surface area contributed by atoms with Crippen molar-refractivity contribution < 1.29 is 4.42 Å². The molecule has 0 aromatic carbocycles. The smallest absolute Gasteiger partial charge is 0.109 e. The van der Waals surface area contributed by atoms with Gasteiger partial charge in [0.25, 0.3) is 0 Å². The van der Waals surface area contributed by atoms with E-state index in [4.69, 9.17) is 15.6 Å². The van der Waals surface area contributed by atoms with Crippen molar-refractivity contribution in [3.63, 3.8) is 0 Å². The quantitative estimate of drug-likeness (QED) is 0.733. The Kier molecular flexibility index (Phi) is 2.45. The molecule has 2 aromatic rings. The number of rotatable bonds is 3. The first kappa shape index (κ1) is 9.39. The number of nitrogens with two attached hydrogens (primary N) is 1. The molecular weight excluding hydrogens is 192 g/mol. The van der Waals surface area contributed by atoms with E-state index in [9.17, 15) is 0 Å². The van der Waals surface area contributed by atoms with Crippen molar-refractivity contribution in [1.29, 1.82) is 5.41 Å². The van der Waals surface area contributed by atoms with E-state index in [-0.39, 0.29) is 0 Å². The molecular formula is C10H10N4O. The Morgan fingerprint density at radius 3 is 3.07 bits per heavy atom. The maximum atomic E-state index is 7.13. The molecule has 0 aliphatic carbocycles. The van der Waals surface area contributed by atoms with Gasteiger partial charge in [-0.15, -0.1) is 0 Å². The molecule has 0 saturated carbocycles. The Balaban J connectivity index is 2.33. The highest BCUT2D eigenvalue weighted by Crippen LogP contribution is 2.16. The molecule has 0 saturated heterocycles. The zero-order chi connectivity index (χ0) is 10.7. The van der Waals surface area contributed by atoms with Crippen LogP contribution < -0.4 is 5.73 Å². The lowest BCUT2D eigenvalue weighted by Gasteiger charge is -2.03. The molecule has 0 fully saturated rings. The minimum absolute atomic E-state index is 0.483. The lowest BCUT2D eigenvalue weighted by molar-refractivity contribution is 0.518. The van der Waals surface area contributed by atoms with E-state index in [1.54, 1.807) is 12.3 Å². The van der Waals surface area contributed by atoms with Gasteiger partial charge in [-0.25, -0.2) is 0 Å². The molecule has 5 heteroatoms. The maximum absolute atomic E-state index is 7.13. The fourth-order valence-electron chi connectivity index (χ4n) is 1.27. The van der Waals surface area contributed by atoms with Crippen molar-refractivity contribution in [3.8, 4) is 0 Å². The first-order chi connectivity index (χ1) is 7.31. The van der Waals surface area contributed by atoms with Crippen molar-refractivity contribution in [1.82, 2.24) is 10.2 Å². The van der Waals surface area contributed by atoms with Crippen LogP contribution in [0.1, 0.15) is 17.0 Å². The fraction of sp³-hybridized carbons (Fsp3) is 0.100. The van der Waals surface area contributed by atoms with E-state index in [0.29, 0.717) is 23.4 Å². The number of hydrogen-bond acceptors (Lipinski definition) is 5. The van der Waals surface area contributed by atoms with Crippen LogP contribution in [-0.2, 0) is 6.42 Å². The van der Waals surface area contributed by atoms with Crippen LogP contribution in [0.5, 0.6) is 0 Å². The zero-order valence-electron chi connectivity index (χ0n) is 7.97. The Hall–Kier alpha value is -2.17. The summed E-state index contributed by atoms with van der Waals surface area (Å²) in [5.74, 6) is 0.776. The third-order valence-corrected chi connectivity index (χ3v) is 2.07. The molecule has 15 heavy (non-hydrogen) atoms. The van der Waals surface area contributed by atoms with Crippen molar-refractivity contribution in [2.75, 3.05) is 5.73 Å². The van der Waals surface area contributed by atoms with Crippen LogP contribution in [-0.4, -0.2) is 16.4 Å². The number of anilines is 1. The van der Waals surface area contributed by atoms with Crippen molar-refractivity contribution in [2.45, 2.75) is 6.42 Å². The second-order valence-corrected chi connectivity index (χ2v) is 3.06. The summed E-state index contributed by atoms with van der Waals surface area (Å²) in [7, 11) is 0. The molecule has 3 N–H and O–H groups in total. The normalized spacial score (nSPS) is 10.1. The lowest BCUT2D eigenvalue weighted by atomic mass is 10.1. The van der Waals surface area contributed by atoms with Gasteiger partial charge in [-0.3, -0.25) is 0 Å². The number of hydrogen-bond donors (Lipinski definition) is 2. The second-order valence-electron chi connectivity index (χ2n) is 3.06. The fourth-order valence-corrected chi connectivity index (χ4v) is 1.27. The monoisotopic (exact) mass is 202 g/mol. The van der Waals surface area contributed by atoms with Gasteiger partial charge in [0.15, 0.2) is 0 Å². The first-order valence-electron chi connectivity index (χ1n) is 4.44. The average Bonchev–Trinajstić information content (AvgIpc) is 2.74. The molecule has 0 aliphatic heterocycles. The van der Waals surface area contributed by atoms with E-state index in [1.165, 1.54) is 6.20 Å². The molecule has 76 valence electrons. The van der Waals surface area contributed by atoms with Crippen LogP contribution >= 0.6 is 0 Å². The molecule has 0 aliphatic rings. The molecule has 0 bridgehead atoms. The summed E-state index contributed by atoms with van der Waals surface area (Å²) in [6, 6.07) is 3.65.